The molecule has 0 amide bonds. The summed E-state index contributed by atoms with van der Waals surface area (Å²) in [6, 6.07) is 10.0. The highest BCUT2D eigenvalue weighted by molar-refractivity contribution is 14.0. The highest BCUT2D eigenvalue weighted by Gasteiger charge is 2.04. The maximum absolute atomic E-state index is 11.1. The fraction of sp³-hybridized carbons (Fsp3) is 0.500. The van der Waals surface area contributed by atoms with Crippen molar-refractivity contribution in [2.75, 3.05) is 32.6 Å². The van der Waals surface area contributed by atoms with Crippen LogP contribution in [0.1, 0.15) is 12.0 Å². The minimum absolute atomic E-state index is 0. The van der Waals surface area contributed by atoms with Crippen molar-refractivity contribution in [1.82, 2.24) is 10.2 Å². The summed E-state index contributed by atoms with van der Waals surface area (Å²) in [5, 5.41) is 3.17. The van der Waals surface area contributed by atoms with Gasteiger partial charge in [0, 0.05) is 26.9 Å². The molecule has 0 aliphatic rings. The lowest BCUT2D eigenvalue weighted by Gasteiger charge is -2.17. The Hall–Kier alpha value is -0.830. The van der Waals surface area contributed by atoms with Gasteiger partial charge in [-0.3, -0.25) is 0 Å². The minimum Gasteiger partial charge on any atom is -0.356 e. The standard InChI is InChI=1S/C14H23N3O2S.HI/c1-17(2)14(15-10-7-11-20(3,18)19)16-12-13-8-5-4-6-9-13;/h4-6,8-9H,7,10-12H2,1-3H3,(H,15,16);1H. The van der Waals surface area contributed by atoms with E-state index in [-0.39, 0.29) is 29.7 Å². The first kappa shape index (κ1) is 20.2. The first-order chi connectivity index (χ1) is 9.38. The summed E-state index contributed by atoms with van der Waals surface area (Å²) in [5.74, 6) is 0.960. The van der Waals surface area contributed by atoms with Gasteiger partial charge in [0.25, 0.3) is 0 Å². The van der Waals surface area contributed by atoms with Crippen LogP contribution in [0.15, 0.2) is 35.3 Å². The van der Waals surface area contributed by atoms with Crippen molar-refractivity contribution >= 4 is 39.8 Å². The number of guanidine groups is 1. The molecule has 1 rings (SSSR count). The highest BCUT2D eigenvalue weighted by Crippen LogP contribution is 2.00. The van der Waals surface area contributed by atoms with Crippen LogP contribution in [0.3, 0.4) is 0 Å². The third kappa shape index (κ3) is 9.67. The summed E-state index contributed by atoms with van der Waals surface area (Å²) in [6.45, 7) is 1.20. The Morgan fingerprint density at radius 2 is 1.86 bits per heavy atom. The predicted octanol–water partition coefficient (Wildman–Crippen LogP) is 1.75. The number of rotatable bonds is 6. The van der Waals surface area contributed by atoms with Crippen LogP contribution in [0.5, 0.6) is 0 Å². The molecule has 0 bridgehead atoms. The molecule has 0 heterocycles. The lowest BCUT2D eigenvalue weighted by Crippen LogP contribution is -2.37. The molecular weight excluding hydrogens is 401 g/mol. The molecule has 5 nitrogen and oxygen atoms in total. The van der Waals surface area contributed by atoms with E-state index in [4.69, 9.17) is 0 Å². The molecule has 7 heteroatoms. The highest BCUT2D eigenvalue weighted by atomic mass is 127. The molecule has 0 saturated heterocycles. The van der Waals surface area contributed by atoms with Crippen LogP contribution in [0.4, 0.5) is 0 Å². The van der Waals surface area contributed by atoms with Crippen molar-refractivity contribution in [2.24, 2.45) is 4.99 Å². The van der Waals surface area contributed by atoms with Gasteiger partial charge in [-0.1, -0.05) is 30.3 Å². The average Bonchev–Trinajstić information content (AvgIpc) is 2.37. The van der Waals surface area contributed by atoms with E-state index in [0.717, 1.165) is 11.5 Å². The van der Waals surface area contributed by atoms with E-state index >= 15 is 0 Å². The molecule has 21 heavy (non-hydrogen) atoms. The Morgan fingerprint density at radius 1 is 1.24 bits per heavy atom. The quantitative estimate of drug-likeness (QED) is 0.327. The topological polar surface area (TPSA) is 61.8 Å². The number of benzene rings is 1. The minimum atomic E-state index is -2.89. The molecule has 0 aliphatic carbocycles. The molecule has 0 radical (unpaired) electrons. The van der Waals surface area contributed by atoms with Gasteiger partial charge in [-0.05, 0) is 12.0 Å². The third-order valence-electron chi connectivity index (χ3n) is 2.65. The average molecular weight is 425 g/mol. The number of hydrogen-bond acceptors (Lipinski definition) is 3. The fourth-order valence-corrected chi connectivity index (χ4v) is 2.31. The molecule has 0 aromatic heterocycles. The van der Waals surface area contributed by atoms with Crippen LogP contribution in [-0.2, 0) is 16.4 Å². The predicted molar refractivity (Wildman–Crippen MR) is 99.0 cm³/mol. The van der Waals surface area contributed by atoms with Crippen molar-refractivity contribution in [3.05, 3.63) is 35.9 Å². The molecule has 0 aliphatic heterocycles. The Morgan fingerprint density at radius 3 is 2.38 bits per heavy atom. The van der Waals surface area contributed by atoms with Crippen molar-refractivity contribution in [3.8, 4) is 0 Å². The Balaban J connectivity index is 0.00000400. The lowest BCUT2D eigenvalue weighted by atomic mass is 10.2. The van der Waals surface area contributed by atoms with Crippen molar-refractivity contribution in [3.63, 3.8) is 0 Å². The lowest BCUT2D eigenvalue weighted by molar-refractivity contribution is 0.574. The molecule has 0 spiro atoms. The third-order valence-corrected chi connectivity index (χ3v) is 3.68. The van der Waals surface area contributed by atoms with Gasteiger partial charge in [0.2, 0.25) is 0 Å². The number of hydrogen-bond donors (Lipinski definition) is 1. The van der Waals surface area contributed by atoms with E-state index < -0.39 is 9.84 Å². The van der Waals surface area contributed by atoms with Gasteiger partial charge >= 0.3 is 0 Å². The van der Waals surface area contributed by atoms with E-state index in [1.807, 2.05) is 49.3 Å². The van der Waals surface area contributed by atoms with Crippen LogP contribution in [0.25, 0.3) is 0 Å². The van der Waals surface area contributed by atoms with Gasteiger partial charge in [0.1, 0.15) is 9.84 Å². The van der Waals surface area contributed by atoms with E-state index in [1.54, 1.807) is 0 Å². The van der Waals surface area contributed by atoms with Gasteiger partial charge in [-0.25, -0.2) is 13.4 Å². The summed E-state index contributed by atoms with van der Waals surface area (Å²) < 4.78 is 22.1. The Bertz CT molecular complexity index is 530. The molecule has 120 valence electrons. The Labute approximate surface area is 144 Å². The number of nitrogens with zero attached hydrogens (tertiary/aromatic N) is 2. The zero-order valence-corrected chi connectivity index (χ0v) is 15.9. The summed E-state index contributed by atoms with van der Waals surface area (Å²) in [6.07, 6.45) is 1.83. The van der Waals surface area contributed by atoms with Crippen LogP contribution in [-0.4, -0.2) is 51.9 Å². The van der Waals surface area contributed by atoms with Gasteiger partial charge in [-0.15, -0.1) is 24.0 Å². The molecule has 1 aromatic carbocycles. The molecule has 1 N–H and O–H groups in total. The van der Waals surface area contributed by atoms with Gasteiger partial charge in [-0.2, -0.15) is 0 Å². The van der Waals surface area contributed by atoms with E-state index in [0.29, 0.717) is 19.5 Å². The Kier molecular flexibility index (Phi) is 9.60. The van der Waals surface area contributed by atoms with E-state index in [2.05, 4.69) is 10.3 Å². The summed E-state index contributed by atoms with van der Waals surface area (Å²) in [5.41, 5.74) is 1.14. The molecule has 0 fully saturated rings. The molecule has 0 atom stereocenters. The van der Waals surface area contributed by atoms with Crippen molar-refractivity contribution in [1.29, 1.82) is 0 Å². The van der Waals surface area contributed by atoms with Crippen molar-refractivity contribution < 1.29 is 8.42 Å². The summed E-state index contributed by atoms with van der Waals surface area (Å²) in [7, 11) is 0.929. The first-order valence-electron chi connectivity index (χ1n) is 6.56. The summed E-state index contributed by atoms with van der Waals surface area (Å²) >= 11 is 0. The maximum Gasteiger partial charge on any atom is 0.193 e. The number of halogens is 1. The second-order valence-corrected chi connectivity index (χ2v) is 7.19. The van der Waals surface area contributed by atoms with Crippen LogP contribution in [0, 0.1) is 0 Å². The number of aliphatic imine (C=N–C) groups is 1. The zero-order valence-electron chi connectivity index (χ0n) is 12.7. The normalized spacial score (nSPS) is 11.7. The van der Waals surface area contributed by atoms with Gasteiger partial charge in [0.05, 0.1) is 12.3 Å². The van der Waals surface area contributed by atoms with Gasteiger partial charge < -0.3 is 10.2 Å². The molecular formula is C14H24IN3O2S. The molecule has 0 unspecified atom stereocenters. The molecule has 1 aromatic rings. The van der Waals surface area contributed by atoms with Crippen LogP contribution < -0.4 is 5.32 Å². The summed E-state index contributed by atoms with van der Waals surface area (Å²) in [4.78, 5) is 6.40. The number of nitrogens with one attached hydrogen (secondary N) is 1. The van der Waals surface area contributed by atoms with Gasteiger partial charge in [0.15, 0.2) is 5.96 Å². The smallest absolute Gasteiger partial charge is 0.193 e. The van der Waals surface area contributed by atoms with E-state index in [9.17, 15) is 8.42 Å². The van der Waals surface area contributed by atoms with Crippen LogP contribution >= 0.6 is 24.0 Å². The largest absolute Gasteiger partial charge is 0.356 e. The van der Waals surface area contributed by atoms with E-state index in [1.165, 1.54) is 6.26 Å². The SMILES string of the molecule is CN(C)C(=NCc1ccccc1)NCCCS(C)(=O)=O.I. The second kappa shape index (κ2) is 9.99. The van der Waals surface area contributed by atoms with Crippen molar-refractivity contribution in [2.45, 2.75) is 13.0 Å². The fourth-order valence-electron chi connectivity index (χ4n) is 1.64. The maximum atomic E-state index is 11.1. The monoisotopic (exact) mass is 425 g/mol. The second-order valence-electron chi connectivity index (χ2n) is 4.93. The first-order valence-corrected chi connectivity index (χ1v) is 8.62. The molecule has 0 saturated carbocycles. The number of sulfone groups is 1. The zero-order chi connectivity index (χ0) is 15.0. The van der Waals surface area contributed by atoms with Crippen LogP contribution in [0.2, 0.25) is 0 Å².